The third kappa shape index (κ3) is 3.50. The molecule has 2 bridgehead atoms. The highest BCUT2D eigenvalue weighted by Gasteiger charge is 2.65. The molecule has 2 aromatic heterocycles. The van der Waals surface area contributed by atoms with Gasteiger partial charge in [0.05, 0.1) is 28.7 Å². The summed E-state index contributed by atoms with van der Waals surface area (Å²) in [7, 11) is 0. The van der Waals surface area contributed by atoms with Crippen molar-refractivity contribution in [1.29, 1.82) is 0 Å². The average molecular weight is 538 g/mol. The van der Waals surface area contributed by atoms with E-state index in [1.54, 1.807) is 0 Å². The third-order valence-electron chi connectivity index (χ3n) is 10.2. The van der Waals surface area contributed by atoms with E-state index >= 15 is 0 Å². The number of ether oxygens (including phenoxy) is 1. The van der Waals surface area contributed by atoms with Crippen molar-refractivity contribution in [3.8, 4) is 0 Å². The maximum Gasteiger partial charge on any atom is 0.335 e. The molecule has 3 aliphatic carbocycles. The van der Waals surface area contributed by atoms with Crippen molar-refractivity contribution in [2.75, 3.05) is 4.90 Å². The largest absolute Gasteiger partial charge is 0.478 e. The predicted molar refractivity (Wildman–Crippen MR) is 140 cm³/mol. The van der Waals surface area contributed by atoms with E-state index in [0.717, 1.165) is 48.6 Å². The number of nitrogens with zero attached hydrogens (tertiary/aromatic N) is 3. The number of carboxylic acids is 1. The molecule has 1 aromatic carbocycles. The molecule has 1 N–H and O–H groups in total. The molecule has 3 saturated carbocycles. The van der Waals surface area contributed by atoms with Crippen molar-refractivity contribution < 1.29 is 23.6 Å². The molecular weight excluding hydrogens is 505 g/mol. The fourth-order valence-electron chi connectivity index (χ4n) is 8.08. The van der Waals surface area contributed by atoms with Crippen LogP contribution in [0.4, 0.5) is 9.52 Å². The molecule has 9 heteroatoms. The van der Waals surface area contributed by atoms with Crippen molar-refractivity contribution >= 4 is 32.7 Å². The Morgan fingerprint density at radius 3 is 2.71 bits per heavy atom. The molecule has 0 radical (unpaired) electrons. The Hall–Kier alpha value is -2.52. The molecule has 38 heavy (non-hydrogen) atoms. The van der Waals surface area contributed by atoms with Crippen LogP contribution < -0.4 is 4.90 Å². The molecule has 5 unspecified atom stereocenters. The summed E-state index contributed by atoms with van der Waals surface area (Å²) >= 11 is 1.39. The fraction of sp³-hybridized carbons (Fsp3) is 0.621. The monoisotopic (exact) mass is 537 g/mol. The third-order valence-corrected chi connectivity index (χ3v) is 11.2. The lowest BCUT2D eigenvalue weighted by molar-refractivity contribution is 0.0142. The van der Waals surface area contributed by atoms with Crippen molar-refractivity contribution in [2.24, 2.45) is 11.3 Å². The normalized spacial score (nSPS) is 33.7. The molecule has 0 amide bonds. The molecule has 2 aliphatic heterocycles. The summed E-state index contributed by atoms with van der Waals surface area (Å²) in [5, 5.41) is 14.7. The number of hydrogen-bond donors (Lipinski definition) is 1. The molecule has 2 saturated heterocycles. The molecule has 4 heterocycles. The number of carboxylic acid groups (broad SMARTS) is 1. The summed E-state index contributed by atoms with van der Waals surface area (Å²) in [5.74, 6) is 1.18. The lowest BCUT2D eigenvalue weighted by Gasteiger charge is -2.38. The van der Waals surface area contributed by atoms with Crippen LogP contribution in [0.25, 0.3) is 10.2 Å². The highest BCUT2D eigenvalue weighted by molar-refractivity contribution is 7.22. The molecule has 5 atom stereocenters. The number of carbonyl (C=O) groups is 1. The summed E-state index contributed by atoms with van der Waals surface area (Å²) in [5.41, 5.74) is 3.04. The van der Waals surface area contributed by atoms with Gasteiger partial charge in [-0.3, -0.25) is 0 Å². The SMILES string of the molecule is CC12CCCC1C2c1noc(C2CC2)c1COC1CC2CCC(C1)N2c1nc2c(F)cc(C(=O)O)cc2s1. The van der Waals surface area contributed by atoms with E-state index in [9.17, 15) is 14.3 Å². The zero-order valence-corrected chi connectivity index (χ0v) is 22.3. The number of anilines is 1. The molecule has 200 valence electrons. The average Bonchev–Trinajstić information content (AvgIpc) is 3.55. The summed E-state index contributed by atoms with van der Waals surface area (Å²) in [6, 6.07) is 3.19. The highest BCUT2D eigenvalue weighted by atomic mass is 32.1. The molecule has 5 aliphatic rings. The second-order valence-electron chi connectivity index (χ2n) is 12.5. The standard InChI is InChI=1S/C29H32FN3O4S/c1-29-8-2-3-20(29)23(29)24-19(26(37-32-24)14-4-5-14)13-36-18-11-16-6-7-17(12-18)33(16)28-31-25-21(30)9-15(27(34)35)10-22(25)38-28/h9-10,14,16-18,20,23H,2-8,11-13H2,1H3,(H,34,35). The van der Waals surface area contributed by atoms with Crippen molar-refractivity contribution in [3.63, 3.8) is 0 Å². The van der Waals surface area contributed by atoms with Crippen LogP contribution >= 0.6 is 11.3 Å². The van der Waals surface area contributed by atoms with E-state index in [-0.39, 0.29) is 17.2 Å². The second kappa shape index (κ2) is 8.24. The first-order valence-corrected chi connectivity index (χ1v) is 14.9. The quantitative estimate of drug-likeness (QED) is 0.362. The Morgan fingerprint density at radius 1 is 1.24 bits per heavy atom. The summed E-state index contributed by atoms with van der Waals surface area (Å²) < 4.78 is 27.8. The molecule has 3 aromatic rings. The number of rotatable bonds is 7. The Labute approximate surface area is 224 Å². The zero-order chi connectivity index (χ0) is 25.8. The van der Waals surface area contributed by atoms with E-state index in [4.69, 9.17) is 9.26 Å². The van der Waals surface area contributed by atoms with Crippen LogP contribution in [-0.4, -0.2) is 39.4 Å². The van der Waals surface area contributed by atoms with Crippen LogP contribution in [0.1, 0.15) is 104 Å². The number of fused-ring (bicyclic) bond motifs is 4. The van der Waals surface area contributed by atoms with E-state index in [1.807, 2.05) is 0 Å². The van der Waals surface area contributed by atoms with Gasteiger partial charge in [0.15, 0.2) is 10.9 Å². The van der Waals surface area contributed by atoms with Gasteiger partial charge < -0.3 is 19.3 Å². The maximum absolute atomic E-state index is 14.6. The first kappa shape index (κ1) is 23.4. The molecular formula is C29H32FN3O4S. The smallest absolute Gasteiger partial charge is 0.335 e. The number of aromatic nitrogens is 2. The molecule has 7 nitrogen and oxygen atoms in total. The van der Waals surface area contributed by atoms with Crippen molar-refractivity contribution in [2.45, 2.75) is 101 Å². The zero-order valence-electron chi connectivity index (χ0n) is 21.5. The van der Waals surface area contributed by atoms with E-state index < -0.39 is 11.8 Å². The molecule has 5 fully saturated rings. The predicted octanol–water partition coefficient (Wildman–Crippen LogP) is 6.62. The Balaban J connectivity index is 0.998. The Morgan fingerprint density at radius 2 is 2.03 bits per heavy atom. The summed E-state index contributed by atoms with van der Waals surface area (Å²) in [6.07, 6.45) is 10.4. The second-order valence-corrected chi connectivity index (χ2v) is 13.5. The minimum Gasteiger partial charge on any atom is -0.478 e. The van der Waals surface area contributed by atoms with Gasteiger partial charge in [0.25, 0.3) is 0 Å². The van der Waals surface area contributed by atoms with Crippen molar-refractivity contribution in [3.05, 3.63) is 40.5 Å². The van der Waals surface area contributed by atoms with Crippen LogP contribution in [0.3, 0.4) is 0 Å². The number of piperidine rings is 1. The van der Waals surface area contributed by atoms with Crippen LogP contribution in [0, 0.1) is 17.2 Å². The summed E-state index contributed by atoms with van der Waals surface area (Å²) in [4.78, 5) is 18.3. The number of aromatic carboxylic acids is 1. The molecule has 0 spiro atoms. The van der Waals surface area contributed by atoms with E-state index in [0.29, 0.717) is 40.6 Å². The molecule has 8 rings (SSSR count). The van der Waals surface area contributed by atoms with Gasteiger partial charge in [0, 0.05) is 29.5 Å². The maximum atomic E-state index is 14.6. The van der Waals surface area contributed by atoms with Gasteiger partial charge in [-0.05, 0) is 74.8 Å². The van der Waals surface area contributed by atoms with Gasteiger partial charge in [-0.1, -0.05) is 29.8 Å². The lowest BCUT2D eigenvalue weighted by Crippen LogP contribution is -2.45. The van der Waals surface area contributed by atoms with Crippen LogP contribution in [0.2, 0.25) is 0 Å². The Kier molecular flexibility index (Phi) is 5.07. The van der Waals surface area contributed by atoms with Gasteiger partial charge in [-0.15, -0.1) is 0 Å². The number of thiazole rings is 1. The lowest BCUT2D eigenvalue weighted by atomic mass is 9.97. The van der Waals surface area contributed by atoms with Gasteiger partial charge in [0.2, 0.25) is 0 Å². The van der Waals surface area contributed by atoms with Crippen LogP contribution in [0.5, 0.6) is 0 Å². The minimum atomic E-state index is -1.13. The topological polar surface area (TPSA) is 88.7 Å². The number of hydrogen-bond acceptors (Lipinski definition) is 7. The van der Waals surface area contributed by atoms with Crippen LogP contribution in [0.15, 0.2) is 16.7 Å². The summed E-state index contributed by atoms with van der Waals surface area (Å²) in [6.45, 7) is 3.01. The van der Waals surface area contributed by atoms with Crippen LogP contribution in [-0.2, 0) is 11.3 Å². The minimum absolute atomic E-state index is 0.0391. The highest BCUT2D eigenvalue weighted by Crippen LogP contribution is 2.73. The Bertz CT molecular complexity index is 1430. The number of halogens is 1. The fourth-order valence-corrected chi connectivity index (χ4v) is 9.25. The van der Waals surface area contributed by atoms with Gasteiger partial charge >= 0.3 is 5.97 Å². The first-order chi connectivity index (χ1) is 18.4. The van der Waals surface area contributed by atoms with Gasteiger partial charge in [-0.25, -0.2) is 14.2 Å². The van der Waals surface area contributed by atoms with Crippen molar-refractivity contribution in [1.82, 2.24) is 10.1 Å². The van der Waals surface area contributed by atoms with E-state index in [1.165, 1.54) is 60.8 Å². The van der Waals surface area contributed by atoms with Gasteiger partial charge in [0.1, 0.15) is 11.3 Å². The number of benzene rings is 1. The van der Waals surface area contributed by atoms with Gasteiger partial charge in [-0.2, -0.15) is 0 Å². The first-order valence-electron chi connectivity index (χ1n) is 14.1. The van der Waals surface area contributed by atoms with E-state index in [2.05, 4.69) is 22.0 Å².